The number of benzene rings is 2. The molecule has 3 aromatic rings. The van der Waals surface area contributed by atoms with E-state index in [0.29, 0.717) is 13.0 Å². The quantitative estimate of drug-likeness (QED) is 0.666. The van der Waals surface area contributed by atoms with Crippen molar-refractivity contribution in [1.29, 1.82) is 0 Å². The Balaban J connectivity index is 1.59. The van der Waals surface area contributed by atoms with Crippen LogP contribution in [0.3, 0.4) is 0 Å². The minimum Gasteiger partial charge on any atom is -0.348 e. The van der Waals surface area contributed by atoms with Crippen molar-refractivity contribution >= 4 is 16.8 Å². The predicted octanol–water partition coefficient (Wildman–Crippen LogP) is 4.25. The molecule has 0 unspecified atom stereocenters. The summed E-state index contributed by atoms with van der Waals surface area (Å²) in [4.78, 5) is 14.2. The lowest BCUT2D eigenvalue weighted by Gasteiger charge is -2.17. The second-order valence-corrected chi connectivity index (χ2v) is 6.23. The van der Waals surface area contributed by atoms with Crippen LogP contribution in [0.1, 0.15) is 24.5 Å². The van der Waals surface area contributed by atoms with Gasteiger partial charge in [-0.05, 0) is 48.1 Å². The van der Waals surface area contributed by atoms with Gasteiger partial charge in [-0.3, -0.25) is 4.79 Å². The fourth-order valence-electron chi connectivity index (χ4n) is 3.07. The lowest BCUT2D eigenvalue weighted by Crippen LogP contribution is -2.26. The van der Waals surface area contributed by atoms with Gasteiger partial charge >= 0.3 is 0 Å². The van der Waals surface area contributed by atoms with Crippen LogP contribution in [0.15, 0.2) is 60.8 Å². The first-order chi connectivity index (χ1) is 11.7. The Bertz CT molecular complexity index is 820. The number of aromatic nitrogens is 1. The standard InChI is InChI=1S/C21H24N2O/c1-3-23-14-13-19-15-17(9-11-20(19)23)10-12-21(24)22(2)16-18-7-5-4-6-8-18/h4-9,11,13-15H,3,10,12,16H2,1-2H3. The van der Waals surface area contributed by atoms with Crippen LogP contribution in [0, 0.1) is 0 Å². The third-order valence-electron chi connectivity index (χ3n) is 4.49. The van der Waals surface area contributed by atoms with Gasteiger partial charge in [-0.2, -0.15) is 0 Å². The first-order valence-corrected chi connectivity index (χ1v) is 8.53. The lowest BCUT2D eigenvalue weighted by molar-refractivity contribution is -0.130. The molecule has 2 aromatic carbocycles. The fourth-order valence-corrected chi connectivity index (χ4v) is 3.07. The maximum absolute atomic E-state index is 12.4. The van der Waals surface area contributed by atoms with Gasteiger partial charge in [0.2, 0.25) is 5.91 Å². The predicted molar refractivity (Wildman–Crippen MR) is 98.8 cm³/mol. The summed E-state index contributed by atoms with van der Waals surface area (Å²) in [6, 6.07) is 18.7. The highest BCUT2D eigenvalue weighted by Crippen LogP contribution is 2.19. The second-order valence-electron chi connectivity index (χ2n) is 6.23. The second kappa shape index (κ2) is 7.35. The summed E-state index contributed by atoms with van der Waals surface area (Å²) < 4.78 is 2.23. The van der Waals surface area contributed by atoms with Gasteiger partial charge in [0.05, 0.1) is 0 Å². The normalized spacial score (nSPS) is 10.9. The molecule has 0 aliphatic rings. The number of amides is 1. The van der Waals surface area contributed by atoms with E-state index in [1.54, 1.807) is 4.90 Å². The molecule has 3 nitrogen and oxygen atoms in total. The van der Waals surface area contributed by atoms with Crippen molar-refractivity contribution < 1.29 is 4.79 Å². The first-order valence-electron chi connectivity index (χ1n) is 8.53. The molecule has 0 atom stereocenters. The third-order valence-corrected chi connectivity index (χ3v) is 4.49. The molecular weight excluding hydrogens is 296 g/mol. The summed E-state index contributed by atoms with van der Waals surface area (Å²) in [5.41, 5.74) is 3.64. The topological polar surface area (TPSA) is 25.2 Å². The summed E-state index contributed by atoms with van der Waals surface area (Å²) >= 11 is 0. The van der Waals surface area contributed by atoms with Crippen LogP contribution in [0.2, 0.25) is 0 Å². The van der Waals surface area contributed by atoms with Crippen molar-refractivity contribution in [3.63, 3.8) is 0 Å². The van der Waals surface area contributed by atoms with Crippen LogP contribution in [0.5, 0.6) is 0 Å². The number of nitrogens with zero attached hydrogens (tertiary/aromatic N) is 2. The van der Waals surface area contributed by atoms with Gasteiger partial charge < -0.3 is 9.47 Å². The Kier molecular flexibility index (Phi) is 4.99. The average Bonchev–Trinajstić information content (AvgIpc) is 3.02. The Hall–Kier alpha value is -2.55. The van der Waals surface area contributed by atoms with Crippen LogP contribution >= 0.6 is 0 Å². The van der Waals surface area contributed by atoms with Crippen molar-refractivity contribution in [2.75, 3.05) is 7.05 Å². The molecule has 0 bridgehead atoms. The fraction of sp³-hybridized carbons (Fsp3) is 0.286. The zero-order valence-corrected chi connectivity index (χ0v) is 14.4. The van der Waals surface area contributed by atoms with Gasteiger partial charge in [0.15, 0.2) is 0 Å². The maximum atomic E-state index is 12.4. The van der Waals surface area contributed by atoms with E-state index in [0.717, 1.165) is 18.5 Å². The van der Waals surface area contributed by atoms with Crippen LogP contribution in [-0.4, -0.2) is 22.4 Å². The van der Waals surface area contributed by atoms with E-state index in [2.05, 4.69) is 54.1 Å². The third kappa shape index (κ3) is 3.67. The van der Waals surface area contributed by atoms with Crippen LogP contribution in [0.25, 0.3) is 10.9 Å². The molecule has 1 amide bonds. The Morgan fingerprint density at radius 3 is 2.58 bits per heavy atom. The smallest absolute Gasteiger partial charge is 0.222 e. The monoisotopic (exact) mass is 320 g/mol. The summed E-state index contributed by atoms with van der Waals surface area (Å²) in [6.45, 7) is 3.79. The van der Waals surface area contributed by atoms with E-state index in [9.17, 15) is 4.79 Å². The number of carbonyl (C=O) groups is 1. The minimum absolute atomic E-state index is 0.185. The van der Waals surface area contributed by atoms with Crippen LogP contribution in [0.4, 0.5) is 0 Å². The number of hydrogen-bond donors (Lipinski definition) is 0. The highest BCUT2D eigenvalue weighted by molar-refractivity contribution is 5.81. The van der Waals surface area contributed by atoms with E-state index in [1.807, 2.05) is 25.2 Å². The van der Waals surface area contributed by atoms with E-state index in [4.69, 9.17) is 0 Å². The molecule has 24 heavy (non-hydrogen) atoms. The molecule has 3 rings (SSSR count). The van der Waals surface area contributed by atoms with Gasteiger partial charge in [-0.1, -0.05) is 36.4 Å². The molecule has 0 spiro atoms. The van der Waals surface area contributed by atoms with E-state index >= 15 is 0 Å². The Morgan fingerprint density at radius 1 is 1.04 bits per heavy atom. The molecular formula is C21H24N2O. The molecule has 0 saturated carbocycles. The van der Waals surface area contributed by atoms with Crippen molar-refractivity contribution in [3.05, 3.63) is 71.9 Å². The maximum Gasteiger partial charge on any atom is 0.222 e. The molecule has 1 aromatic heterocycles. The summed E-state index contributed by atoms with van der Waals surface area (Å²) in [5, 5.41) is 1.25. The minimum atomic E-state index is 0.185. The summed E-state index contributed by atoms with van der Waals surface area (Å²) in [6.07, 6.45) is 3.45. The van der Waals surface area contributed by atoms with Crippen LogP contribution < -0.4 is 0 Å². The molecule has 124 valence electrons. The summed E-state index contributed by atoms with van der Waals surface area (Å²) in [7, 11) is 1.87. The van der Waals surface area contributed by atoms with Gasteiger partial charge in [-0.25, -0.2) is 0 Å². The van der Waals surface area contributed by atoms with Crippen molar-refractivity contribution in [3.8, 4) is 0 Å². The Labute approximate surface area is 143 Å². The van der Waals surface area contributed by atoms with Crippen molar-refractivity contribution in [2.45, 2.75) is 32.9 Å². The van der Waals surface area contributed by atoms with Gasteiger partial charge in [0.25, 0.3) is 0 Å². The number of carbonyl (C=O) groups excluding carboxylic acids is 1. The lowest BCUT2D eigenvalue weighted by atomic mass is 10.1. The molecule has 3 heteroatoms. The molecule has 0 radical (unpaired) electrons. The molecule has 0 N–H and O–H groups in total. The zero-order chi connectivity index (χ0) is 16.9. The summed E-state index contributed by atoms with van der Waals surface area (Å²) in [5.74, 6) is 0.185. The van der Waals surface area contributed by atoms with Gasteiger partial charge in [-0.15, -0.1) is 0 Å². The van der Waals surface area contributed by atoms with Gasteiger partial charge in [0.1, 0.15) is 0 Å². The number of hydrogen-bond acceptors (Lipinski definition) is 1. The highest BCUT2D eigenvalue weighted by Gasteiger charge is 2.10. The molecule has 0 saturated heterocycles. The highest BCUT2D eigenvalue weighted by atomic mass is 16.2. The van der Waals surface area contributed by atoms with Crippen LogP contribution in [-0.2, 0) is 24.3 Å². The molecule has 1 heterocycles. The van der Waals surface area contributed by atoms with Crippen molar-refractivity contribution in [1.82, 2.24) is 9.47 Å². The van der Waals surface area contributed by atoms with Gasteiger partial charge in [0, 0.05) is 38.3 Å². The molecule has 0 aliphatic heterocycles. The molecule has 0 fully saturated rings. The average molecular weight is 320 g/mol. The molecule has 0 aliphatic carbocycles. The number of aryl methyl sites for hydroxylation is 2. The Morgan fingerprint density at radius 2 is 1.83 bits per heavy atom. The first kappa shape index (κ1) is 16.3. The largest absolute Gasteiger partial charge is 0.348 e. The van der Waals surface area contributed by atoms with E-state index < -0.39 is 0 Å². The zero-order valence-electron chi connectivity index (χ0n) is 14.4. The number of fused-ring (bicyclic) bond motifs is 1. The van der Waals surface area contributed by atoms with Crippen molar-refractivity contribution in [2.24, 2.45) is 0 Å². The SMILES string of the molecule is CCn1ccc2cc(CCC(=O)N(C)Cc3ccccc3)ccc21. The van der Waals surface area contributed by atoms with E-state index in [1.165, 1.54) is 16.5 Å². The number of rotatable bonds is 6. The van der Waals surface area contributed by atoms with E-state index in [-0.39, 0.29) is 5.91 Å².